The molecule has 3 unspecified atom stereocenters. The second-order valence-electron chi connectivity index (χ2n) is 7.05. The highest BCUT2D eigenvalue weighted by Crippen LogP contribution is 2.42. The van der Waals surface area contributed by atoms with E-state index in [2.05, 4.69) is 0 Å². The fraction of sp³-hybridized carbons (Fsp3) is 0.875. The van der Waals surface area contributed by atoms with Crippen molar-refractivity contribution in [3.8, 4) is 0 Å². The highest BCUT2D eigenvalue weighted by Gasteiger charge is 2.51. The maximum absolute atomic E-state index is 12.7. The summed E-state index contributed by atoms with van der Waals surface area (Å²) >= 11 is 0. The molecule has 2 amide bonds. The van der Waals surface area contributed by atoms with Crippen molar-refractivity contribution in [2.75, 3.05) is 13.6 Å². The molecule has 0 radical (unpaired) electrons. The highest BCUT2D eigenvalue weighted by molar-refractivity contribution is 5.79. The van der Waals surface area contributed by atoms with Crippen molar-refractivity contribution in [1.82, 2.24) is 9.80 Å². The number of carbonyl (C=O) groups is 2. The largest absolute Gasteiger partial charge is 0.481 e. The van der Waals surface area contributed by atoms with Gasteiger partial charge in [0, 0.05) is 25.7 Å². The van der Waals surface area contributed by atoms with Gasteiger partial charge in [-0.05, 0) is 38.0 Å². The standard InChI is InChI=1S/C16H26N2O3/c1-17(10-11-5-3-2-4-6-11)16(21)18-12-7-8-14(18)13(9-12)15(19)20/h11-14H,2-10H2,1H3,(H,19,20). The molecular weight excluding hydrogens is 268 g/mol. The lowest BCUT2D eigenvalue weighted by molar-refractivity contribution is -0.142. The van der Waals surface area contributed by atoms with Crippen LogP contribution in [0.1, 0.15) is 51.4 Å². The number of carbonyl (C=O) groups excluding carboxylic acids is 1. The molecule has 1 N–H and O–H groups in total. The molecule has 0 aromatic rings. The highest BCUT2D eigenvalue weighted by atomic mass is 16.4. The van der Waals surface area contributed by atoms with E-state index >= 15 is 0 Å². The van der Waals surface area contributed by atoms with Gasteiger partial charge in [0.15, 0.2) is 0 Å². The summed E-state index contributed by atoms with van der Waals surface area (Å²) in [5, 5.41) is 9.28. The second kappa shape index (κ2) is 5.85. The molecule has 2 saturated heterocycles. The van der Waals surface area contributed by atoms with Crippen LogP contribution in [0.15, 0.2) is 0 Å². The van der Waals surface area contributed by atoms with Gasteiger partial charge in [-0.3, -0.25) is 4.79 Å². The molecule has 0 spiro atoms. The van der Waals surface area contributed by atoms with Crippen LogP contribution in [0.4, 0.5) is 4.79 Å². The molecule has 2 aliphatic heterocycles. The first-order valence-corrected chi connectivity index (χ1v) is 8.34. The topological polar surface area (TPSA) is 60.9 Å². The predicted molar refractivity (Wildman–Crippen MR) is 79.0 cm³/mol. The van der Waals surface area contributed by atoms with E-state index in [1.54, 1.807) is 0 Å². The molecule has 1 saturated carbocycles. The van der Waals surface area contributed by atoms with Crippen LogP contribution in [0.25, 0.3) is 0 Å². The van der Waals surface area contributed by atoms with Gasteiger partial charge in [-0.25, -0.2) is 4.79 Å². The quantitative estimate of drug-likeness (QED) is 0.870. The fourth-order valence-electron chi connectivity index (χ4n) is 4.58. The minimum absolute atomic E-state index is 0.0526. The van der Waals surface area contributed by atoms with Crippen molar-refractivity contribution < 1.29 is 14.7 Å². The minimum Gasteiger partial charge on any atom is -0.481 e. The van der Waals surface area contributed by atoms with E-state index in [0.29, 0.717) is 12.3 Å². The average molecular weight is 294 g/mol. The summed E-state index contributed by atoms with van der Waals surface area (Å²) in [6.07, 6.45) is 8.80. The van der Waals surface area contributed by atoms with Crippen molar-refractivity contribution in [2.45, 2.75) is 63.5 Å². The summed E-state index contributed by atoms with van der Waals surface area (Å²) in [6.45, 7) is 0.826. The van der Waals surface area contributed by atoms with Crippen molar-refractivity contribution in [3.05, 3.63) is 0 Å². The molecular formula is C16H26N2O3. The van der Waals surface area contributed by atoms with Crippen LogP contribution in [0, 0.1) is 11.8 Å². The number of amides is 2. The van der Waals surface area contributed by atoms with E-state index in [1.807, 2.05) is 16.8 Å². The summed E-state index contributed by atoms with van der Waals surface area (Å²) in [5.74, 6) is -0.464. The Balaban J connectivity index is 1.61. The first kappa shape index (κ1) is 14.7. The minimum atomic E-state index is -0.741. The van der Waals surface area contributed by atoms with E-state index < -0.39 is 5.97 Å². The van der Waals surface area contributed by atoms with E-state index in [0.717, 1.165) is 19.4 Å². The van der Waals surface area contributed by atoms with Crippen molar-refractivity contribution in [2.24, 2.45) is 11.8 Å². The molecule has 0 aromatic heterocycles. The molecule has 2 heterocycles. The van der Waals surface area contributed by atoms with Crippen molar-refractivity contribution in [1.29, 1.82) is 0 Å². The Bertz CT molecular complexity index is 420. The zero-order valence-corrected chi connectivity index (χ0v) is 12.8. The lowest BCUT2D eigenvalue weighted by atomic mass is 9.89. The van der Waals surface area contributed by atoms with Gasteiger partial charge in [-0.15, -0.1) is 0 Å². The SMILES string of the molecule is CN(CC1CCCCC1)C(=O)N1C2CCC1C(C(=O)O)C2. The van der Waals surface area contributed by atoms with Crippen molar-refractivity contribution in [3.63, 3.8) is 0 Å². The summed E-state index contributed by atoms with van der Waals surface area (Å²) < 4.78 is 0. The number of hydrogen-bond donors (Lipinski definition) is 1. The summed E-state index contributed by atoms with van der Waals surface area (Å²) in [6, 6.07) is 0.128. The lowest BCUT2D eigenvalue weighted by Crippen LogP contribution is -2.46. The normalized spacial score (nSPS) is 32.4. The van der Waals surface area contributed by atoms with Crippen LogP contribution >= 0.6 is 0 Å². The van der Waals surface area contributed by atoms with Gasteiger partial charge in [-0.2, -0.15) is 0 Å². The van der Waals surface area contributed by atoms with E-state index in [-0.39, 0.29) is 24.0 Å². The molecule has 118 valence electrons. The maximum Gasteiger partial charge on any atom is 0.320 e. The van der Waals surface area contributed by atoms with Gasteiger partial charge in [0.05, 0.1) is 5.92 Å². The van der Waals surface area contributed by atoms with Gasteiger partial charge in [0.25, 0.3) is 0 Å². The van der Waals surface area contributed by atoms with Gasteiger partial charge in [0.1, 0.15) is 0 Å². The molecule has 5 nitrogen and oxygen atoms in total. The van der Waals surface area contributed by atoms with Gasteiger partial charge in [-0.1, -0.05) is 19.3 Å². The lowest BCUT2D eigenvalue weighted by Gasteiger charge is -2.32. The molecule has 0 aromatic carbocycles. The number of nitrogens with zero attached hydrogens (tertiary/aromatic N) is 2. The Kier molecular flexibility index (Phi) is 4.09. The number of aliphatic carboxylic acids is 1. The van der Waals surface area contributed by atoms with Crippen LogP contribution in [0.5, 0.6) is 0 Å². The second-order valence-corrected chi connectivity index (χ2v) is 7.05. The van der Waals surface area contributed by atoms with Crippen LogP contribution in [-0.4, -0.2) is 52.6 Å². The van der Waals surface area contributed by atoms with E-state index in [4.69, 9.17) is 0 Å². The maximum atomic E-state index is 12.7. The number of rotatable bonds is 3. The Morgan fingerprint density at radius 3 is 2.48 bits per heavy atom. The molecule has 3 rings (SSSR count). The number of carboxylic acids is 1. The number of carboxylic acid groups (broad SMARTS) is 1. The third kappa shape index (κ3) is 2.74. The smallest absolute Gasteiger partial charge is 0.320 e. The summed E-state index contributed by atoms with van der Waals surface area (Å²) in [7, 11) is 1.88. The first-order chi connectivity index (χ1) is 10.1. The average Bonchev–Trinajstić information content (AvgIpc) is 3.05. The molecule has 3 fully saturated rings. The molecule has 1 aliphatic carbocycles. The Morgan fingerprint density at radius 1 is 1.14 bits per heavy atom. The molecule has 5 heteroatoms. The van der Waals surface area contributed by atoms with Crippen LogP contribution in [-0.2, 0) is 4.79 Å². The number of fused-ring (bicyclic) bond motifs is 2. The van der Waals surface area contributed by atoms with Gasteiger partial charge < -0.3 is 14.9 Å². The Labute approximate surface area is 126 Å². The Morgan fingerprint density at radius 2 is 1.86 bits per heavy atom. The number of urea groups is 1. The van der Waals surface area contributed by atoms with Crippen LogP contribution < -0.4 is 0 Å². The zero-order chi connectivity index (χ0) is 15.0. The summed E-state index contributed by atoms with van der Waals surface area (Å²) in [5.41, 5.74) is 0. The fourth-order valence-corrected chi connectivity index (χ4v) is 4.58. The van der Waals surface area contributed by atoms with Crippen LogP contribution in [0.2, 0.25) is 0 Å². The third-order valence-corrected chi connectivity index (χ3v) is 5.66. The van der Waals surface area contributed by atoms with Gasteiger partial charge >= 0.3 is 12.0 Å². The van der Waals surface area contributed by atoms with Gasteiger partial charge in [0.2, 0.25) is 0 Å². The monoisotopic (exact) mass is 294 g/mol. The molecule has 2 bridgehead atoms. The third-order valence-electron chi connectivity index (χ3n) is 5.66. The molecule has 21 heavy (non-hydrogen) atoms. The first-order valence-electron chi connectivity index (χ1n) is 8.34. The zero-order valence-electron chi connectivity index (χ0n) is 12.8. The summed E-state index contributed by atoms with van der Waals surface area (Å²) in [4.78, 5) is 27.7. The van der Waals surface area contributed by atoms with E-state index in [9.17, 15) is 14.7 Å². The Hall–Kier alpha value is -1.26. The molecule has 3 atom stereocenters. The van der Waals surface area contributed by atoms with Crippen LogP contribution in [0.3, 0.4) is 0 Å². The number of hydrogen-bond acceptors (Lipinski definition) is 2. The van der Waals surface area contributed by atoms with E-state index in [1.165, 1.54) is 32.1 Å². The molecule has 3 aliphatic rings. The predicted octanol–water partition coefficient (Wildman–Crippen LogP) is 2.56. The van der Waals surface area contributed by atoms with Crippen molar-refractivity contribution >= 4 is 12.0 Å².